The van der Waals surface area contributed by atoms with E-state index in [2.05, 4.69) is 10.1 Å². The van der Waals surface area contributed by atoms with Crippen LogP contribution in [-0.2, 0) is 4.79 Å². The van der Waals surface area contributed by atoms with E-state index in [1.54, 1.807) is 31.2 Å². The second-order valence-corrected chi connectivity index (χ2v) is 5.81. The Morgan fingerprint density at radius 2 is 1.92 bits per heavy atom. The number of carbonyl (C=O) groups excluding carboxylic acids is 1. The van der Waals surface area contributed by atoms with E-state index >= 15 is 0 Å². The Hall–Kier alpha value is -3.28. The van der Waals surface area contributed by atoms with Gasteiger partial charge >= 0.3 is 5.97 Å². The lowest BCUT2D eigenvalue weighted by atomic mass is 10.1. The molecule has 0 spiro atoms. The Morgan fingerprint density at radius 1 is 1.20 bits per heavy atom. The largest absolute Gasteiger partial charge is 0.478 e. The number of hydrazone groups is 1. The van der Waals surface area contributed by atoms with E-state index in [1.807, 2.05) is 25.1 Å². The van der Waals surface area contributed by atoms with Crippen LogP contribution in [0, 0.1) is 12.8 Å². The van der Waals surface area contributed by atoms with Gasteiger partial charge in [0, 0.05) is 6.21 Å². The highest BCUT2D eigenvalue weighted by molar-refractivity contribution is 6.23. The van der Waals surface area contributed by atoms with Crippen LogP contribution in [-0.4, -0.2) is 28.9 Å². The van der Waals surface area contributed by atoms with Crippen molar-refractivity contribution < 1.29 is 14.7 Å². The van der Waals surface area contributed by atoms with Gasteiger partial charge in [-0.2, -0.15) is 10.1 Å². The maximum Gasteiger partial charge on any atom is 0.337 e. The fourth-order valence-electron chi connectivity index (χ4n) is 2.59. The molecule has 3 rings (SSSR count). The summed E-state index contributed by atoms with van der Waals surface area (Å²) in [5.41, 5.74) is 2.62. The molecule has 0 bridgehead atoms. The number of carboxylic acid groups (broad SMARTS) is 1. The van der Waals surface area contributed by atoms with Crippen LogP contribution in [0.25, 0.3) is 0 Å². The van der Waals surface area contributed by atoms with Crippen LogP contribution in [0.1, 0.15) is 22.8 Å². The minimum atomic E-state index is -1.05. The zero-order valence-electron chi connectivity index (χ0n) is 13.9. The second-order valence-electron chi connectivity index (χ2n) is 5.81. The monoisotopic (exact) mass is 335 g/mol. The highest BCUT2D eigenvalue weighted by Gasteiger charge is 2.33. The summed E-state index contributed by atoms with van der Waals surface area (Å²) in [4.78, 5) is 28.2. The van der Waals surface area contributed by atoms with Crippen molar-refractivity contribution in [3.63, 3.8) is 0 Å². The van der Waals surface area contributed by atoms with Crippen LogP contribution in [0.3, 0.4) is 0 Å². The van der Waals surface area contributed by atoms with E-state index in [-0.39, 0.29) is 11.5 Å². The molecule has 6 nitrogen and oxygen atoms in total. The van der Waals surface area contributed by atoms with Crippen LogP contribution < -0.4 is 5.01 Å². The minimum Gasteiger partial charge on any atom is -0.478 e. The number of amides is 1. The maximum absolute atomic E-state index is 12.6. The molecule has 2 aromatic rings. The summed E-state index contributed by atoms with van der Waals surface area (Å²) < 4.78 is 0. The van der Waals surface area contributed by atoms with E-state index in [0.717, 1.165) is 5.56 Å². The lowest BCUT2D eigenvalue weighted by molar-refractivity contribution is -0.118. The first-order valence-corrected chi connectivity index (χ1v) is 7.79. The number of aryl methyl sites for hydroxylation is 1. The molecule has 6 heteroatoms. The minimum absolute atomic E-state index is 0.0989. The van der Waals surface area contributed by atoms with Crippen LogP contribution in [0.4, 0.5) is 11.4 Å². The van der Waals surface area contributed by atoms with E-state index < -0.39 is 11.9 Å². The van der Waals surface area contributed by atoms with Crippen LogP contribution in [0.5, 0.6) is 0 Å². The van der Waals surface area contributed by atoms with Gasteiger partial charge < -0.3 is 5.11 Å². The molecule has 1 aliphatic rings. The fraction of sp³-hybridized carbons (Fsp3) is 0.158. The Kier molecular flexibility index (Phi) is 4.43. The number of anilines is 1. The number of benzene rings is 2. The summed E-state index contributed by atoms with van der Waals surface area (Å²) in [6, 6.07) is 14.0. The zero-order chi connectivity index (χ0) is 18.0. The van der Waals surface area contributed by atoms with E-state index in [1.165, 1.54) is 17.3 Å². The first-order valence-electron chi connectivity index (χ1n) is 7.79. The zero-order valence-corrected chi connectivity index (χ0v) is 13.9. The van der Waals surface area contributed by atoms with Crippen LogP contribution in [0.15, 0.2) is 58.6 Å². The molecule has 25 heavy (non-hydrogen) atoms. The molecule has 0 fully saturated rings. The summed E-state index contributed by atoms with van der Waals surface area (Å²) in [6.45, 7) is 3.61. The van der Waals surface area contributed by atoms with Gasteiger partial charge in [-0.1, -0.05) is 24.3 Å². The highest BCUT2D eigenvalue weighted by atomic mass is 16.4. The molecule has 1 N–H and O–H groups in total. The van der Waals surface area contributed by atoms with Crippen molar-refractivity contribution in [1.29, 1.82) is 0 Å². The Morgan fingerprint density at radius 3 is 2.60 bits per heavy atom. The van der Waals surface area contributed by atoms with Gasteiger partial charge in [0.05, 0.1) is 22.6 Å². The molecule has 1 heterocycles. The number of aliphatic imine (C=N–C) groups is 1. The first kappa shape index (κ1) is 16.6. The van der Waals surface area contributed by atoms with E-state index in [0.29, 0.717) is 17.1 Å². The van der Waals surface area contributed by atoms with Gasteiger partial charge in [-0.25, -0.2) is 4.79 Å². The normalized spacial score (nSPS) is 17.2. The average Bonchev–Trinajstić information content (AvgIpc) is 2.88. The molecule has 1 aliphatic heterocycles. The van der Waals surface area contributed by atoms with Crippen LogP contribution in [0.2, 0.25) is 0 Å². The van der Waals surface area contributed by atoms with Crippen molar-refractivity contribution in [2.24, 2.45) is 16.0 Å². The molecule has 126 valence electrons. The van der Waals surface area contributed by atoms with Crippen molar-refractivity contribution >= 4 is 35.2 Å². The van der Waals surface area contributed by atoms with Gasteiger partial charge in [-0.3, -0.25) is 9.79 Å². The number of carbonyl (C=O) groups is 2. The Labute approximate surface area is 145 Å². The summed E-state index contributed by atoms with van der Waals surface area (Å²) in [6.07, 6.45) is 1.46. The quantitative estimate of drug-likeness (QED) is 0.869. The molecule has 0 saturated carbocycles. The van der Waals surface area contributed by atoms with Crippen LogP contribution >= 0.6 is 0 Å². The molecule has 1 amide bonds. The van der Waals surface area contributed by atoms with Gasteiger partial charge in [-0.05, 0) is 43.7 Å². The van der Waals surface area contributed by atoms with Crippen molar-refractivity contribution in [3.8, 4) is 0 Å². The number of hydrogen-bond donors (Lipinski definition) is 1. The Bertz CT molecular complexity index is 888. The fourth-order valence-corrected chi connectivity index (χ4v) is 2.59. The third kappa shape index (κ3) is 3.33. The molecule has 0 saturated heterocycles. The highest BCUT2D eigenvalue weighted by Crippen LogP contribution is 2.25. The van der Waals surface area contributed by atoms with Crippen molar-refractivity contribution in [2.45, 2.75) is 13.8 Å². The molecular weight excluding hydrogens is 318 g/mol. The van der Waals surface area contributed by atoms with Crippen molar-refractivity contribution in [3.05, 3.63) is 59.7 Å². The SMILES string of the molecule is CC1=NN(c2ccccc2)C(=O)C1C=Nc1cc(C)ccc1C(=O)O. The molecule has 0 aromatic heterocycles. The molecule has 1 atom stereocenters. The number of rotatable bonds is 4. The first-order chi connectivity index (χ1) is 12.0. The smallest absolute Gasteiger partial charge is 0.337 e. The third-order valence-corrected chi connectivity index (χ3v) is 3.93. The van der Waals surface area contributed by atoms with E-state index in [9.17, 15) is 14.7 Å². The van der Waals surface area contributed by atoms with Gasteiger partial charge in [0.1, 0.15) is 5.92 Å². The number of aromatic carboxylic acids is 1. The summed E-state index contributed by atoms with van der Waals surface area (Å²) in [5, 5.41) is 14.9. The van der Waals surface area contributed by atoms with Gasteiger partial charge in [0.2, 0.25) is 0 Å². The number of hydrogen-bond acceptors (Lipinski definition) is 4. The third-order valence-electron chi connectivity index (χ3n) is 3.93. The Balaban J connectivity index is 1.88. The number of nitrogens with zero attached hydrogens (tertiary/aromatic N) is 3. The summed E-state index contributed by atoms with van der Waals surface area (Å²) in [5.74, 6) is -1.87. The molecule has 0 radical (unpaired) electrons. The molecule has 1 unspecified atom stereocenters. The summed E-state index contributed by atoms with van der Waals surface area (Å²) in [7, 11) is 0. The maximum atomic E-state index is 12.6. The van der Waals surface area contributed by atoms with Gasteiger partial charge in [0.15, 0.2) is 0 Å². The molecule has 2 aromatic carbocycles. The lowest BCUT2D eigenvalue weighted by Gasteiger charge is -2.12. The topological polar surface area (TPSA) is 82.3 Å². The predicted molar refractivity (Wildman–Crippen MR) is 96.8 cm³/mol. The van der Waals surface area contributed by atoms with Gasteiger partial charge in [0.25, 0.3) is 5.91 Å². The molecule has 0 aliphatic carbocycles. The lowest BCUT2D eigenvalue weighted by Crippen LogP contribution is -2.27. The van der Waals surface area contributed by atoms with E-state index in [4.69, 9.17) is 0 Å². The van der Waals surface area contributed by atoms with Crippen molar-refractivity contribution in [2.75, 3.05) is 5.01 Å². The standard InChI is InChI=1S/C19H17N3O3/c1-12-8-9-15(19(24)25)17(10-12)20-11-16-13(2)21-22(18(16)23)14-6-4-3-5-7-14/h3-11,16H,1-2H3,(H,24,25). The predicted octanol–water partition coefficient (Wildman–Crippen LogP) is 3.43. The van der Waals surface area contributed by atoms with Gasteiger partial charge in [-0.15, -0.1) is 0 Å². The average molecular weight is 335 g/mol. The number of carboxylic acids is 1. The molecular formula is C19H17N3O3. The van der Waals surface area contributed by atoms with Crippen molar-refractivity contribution in [1.82, 2.24) is 0 Å². The number of para-hydroxylation sites is 1. The summed E-state index contributed by atoms with van der Waals surface area (Å²) >= 11 is 0. The second kappa shape index (κ2) is 6.68.